The van der Waals surface area contributed by atoms with E-state index in [1.165, 1.54) is 0 Å². The van der Waals surface area contributed by atoms with Crippen molar-refractivity contribution in [2.45, 2.75) is 6.10 Å². The van der Waals surface area contributed by atoms with Crippen LogP contribution in [0.1, 0.15) is 17.2 Å². The van der Waals surface area contributed by atoms with Crippen molar-refractivity contribution in [3.8, 4) is 11.5 Å². The number of rotatable bonds is 0. The van der Waals surface area contributed by atoms with E-state index in [-0.39, 0.29) is 0 Å². The number of aliphatic hydroxyl groups is 1. The van der Waals surface area contributed by atoms with Crippen molar-refractivity contribution >= 4 is 0 Å². The first kappa shape index (κ1) is 8.44. The van der Waals surface area contributed by atoms with E-state index in [4.69, 9.17) is 4.74 Å². The number of benzene rings is 1. The van der Waals surface area contributed by atoms with Gasteiger partial charge in [0.1, 0.15) is 17.6 Å². The molecule has 1 aromatic carbocycles. The number of hydrogen-bond donors (Lipinski definition) is 1. The second kappa shape index (κ2) is 3.07. The third-order valence-electron chi connectivity index (χ3n) is 2.54. The first-order chi connectivity index (χ1) is 7.36. The number of fused-ring (bicyclic) bond motifs is 2. The van der Waals surface area contributed by atoms with Crippen LogP contribution in [-0.2, 0) is 0 Å². The standard InChI is InChI=1S/C12H9NO2/c14-12-8-3-1-2-4-10(8)15-11-5-6-13-7-9(11)12/h1-7,12,14H. The van der Waals surface area contributed by atoms with E-state index in [2.05, 4.69) is 4.98 Å². The Morgan fingerprint density at radius 2 is 1.87 bits per heavy atom. The highest BCUT2D eigenvalue weighted by atomic mass is 16.5. The van der Waals surface area contributed by atoms with Crippen molar-refractivity contribution < 1.29 is 9.84 Å². The highest BCUT2D eigenvalue weighted by Gasteiger charge is 2.24. The zero-order valence-electron chi connectivity index (χ0n) is 7.92. The third kappa shape index (κ3) is 1.21. The van der Waals surface area contributed by atoms with Crippen LogP contribution in [0.25, 0.3) is 0 Å². The predicted octanol–water partition coefficient (Wildman–Crippen LogP) is 2.27. The van der Waals surface area contributed by atoms with Gasteiger partial charge in [-0.3, -0.25) is 4.98 Å². The summed E-state index contributed by atoms with van der Waals surface area (Å²) < 4.78 is 5.65. The molecule has 0 radical (unpaired) electrons. The monoisotopic (exact) mass is 199 g/mol. The molecule has 1 aromatic heterocycles. The van der Waals surface area contributed by atoms with Gasteiger partial charge < -0.3 is 9.84 Å². The van der Waals surface area contributed by atoms with Gasteiger partial charge in [0.15, 0.2) is 0 Å². The van der Waals surface area contributed by atoms with Crippen LogP contribution in [0.5, 0.6) is 11.5 Å². The lowest BCUT2D eigenvalue weighted by atomic mass is 9.99. The Bertz CT molecular complexity index is 465. The summed E-state index contributed by atoms with van der Waals surface area (Å²) in [4.78, 5) is 3.98. The minimum absolute atomic E-state index is 0.640. The second-order valence-corrected chi connectivity index (χ2v) is 3.46. The average molecular weight is 199 g/mol. The maximum atomic E-state index is 10.1. The first-order valence-electron chi connectivity index (χ1n) is 4.75. The summed E-state index contributed by atoms with van der Waals surface area (Å²) in [5.41, 5.74) is 1.51. The van der Waals surface area contributed by atoms with Crippen molar-refractivity contribution in [3.63, 3.8) is 0 Å². The number of hydrogen-bond acceptors (Lipinski definition) is 3. The van der Waals surface area contributed by atoms with Gasteiger partial charge in [0, 0.05) is 23.5 Å². The van der Waals surface area contributed by atoms with Crippen LogP contribution in [0.4, 0.5) is 0 Å². The van der Waals surface area contributed by atoms with Gasteiger partial charge in [-0.15, -0.1) is 0 Å². The molecular weight excluding hydrogens is 190 g/mol. The van der Waals surface area contributed by atoms with E-state index in [0.717, 1.165) is 11.1 Å². The molecule has 3 rings (SSSR count). The zero-order valence-corrected chi connectivity index (χ0v) is 7.92. The maximum absolute atomic E-state index is 10.1. The van der Waals surface area contributed by atoms with E-state index >= 15 is 0 Å². The minimum atomic E-state index is -0.640. The molecule has 3 heteroatoms. The number of para-hydroxylation sites is 1. The Labute approximate surface area is 87.0 Å². The van der Waals surface area contributed by atoms with Crippen molar-refractivity contribution in [3.05, 3.63) is 53.9 Å². The number of aromatic nitrogens is 1. The molecule has 2 aromatic rings. The summed E-state index contributed by atoms with van der Waals surface area (Å²) in [5.74, 6) is 1.39. The lowest BCUT2D eigenvalue weighted by molar-refractivity contribution is 0.202. The summed E-state index contributed by atoms with van der Waals surface area (Å²) in [6.45, 7) is 0. The fourth-order valence-corrected chi connectivity index (χ4v) is 1.78. The normalized spacial score (nSPS) is 17.5. The summed E-state index contributed by atoms with van der Waals surface area (Å²) in [5, 5.41) is 10.1. The summed E-state index contributed by atoms with van der Waals surface area (Å²) in [7, 11) is 0. The number of pyridine rings is 1. The van der Waals surface area contributed by atoms with E-state index < -0.39 is 6.10 Å². The van der Waals surface area contributed by atoms with Gasteiger partial charge >= 0.3 is 0 Å². The molecular formula is C12H9NO2. The van der Waals surface area contributed by atoms with E-state index in [1.54, 1.807) is 18.5 Å². The van der Waals surface area contributed by atoms with Crippen LogP contribution in [0.2, 0.25) is 0 Å². The van der Waals surface area contributed by atoms with Gasteiger partial charge in [0.2, 0.25) is 0 Å². The molecule has 0 aliphatic carbocycles. The molecule has 0 saturated carbocycles. The lowest BCUT2D eigenvalue weighted by Crippen LogP contribution is -2.09. The minimum Gasteiger partial charge on any atom is -0.456 e. The SMILES string of the molecule is OC1c2ccccc2Oc2ccncc21. The van der Waals surface area contributed by atoms with Gasteiger partial charge in [-0.25, -0.2) is 0 Å². The molecule has 1 aliphatic rings. The Hall–Kier alpha value is -1.87. The fourth-order valence-electron chi connectivity index (χ4n) is 1.78. The van der Waals surface area contributed by atoms with Crippen LogP contribution in [-0.4, -0.2) is 10.1 Å². The Morgan fingerprint density at radius 3 is 2.80 bits per heavy atom. The molecule has 0 bridgehead atoms. The summed E-state index contributed by atoms with van der Waals surface area (Å²) in [6.07, 6.45) is 2.65. The van der Waals surface area contributed by atoms with Crippen LogP contribution >= 0.6 is 0 Å². The maximum Gasteiger partial charge on any atom is 0.136 e. The largest absolute Gasteiger partial charge is 0.456 e. The van der Waals surface area contributed by atoms with Crippen LogP contribution in [0.15, 0.2) is 42.7 Å². The zero-order chi connectivity index (χ0) is 10.3. The van der Waals surface area contributed by atoms with Gasteiger partial charge in [-0.05, 0) is 12.1 Å². The first-order valence-corrected chi connectivity index (χ1v) is 4.75. The smallest absolute Gasteiger partial charge is 0.136 e. The highest BCUT2D eigenvalue weighted by Crippen LogP contribution is 2.41. The molecule has 15 heavy (non-hydrogen) atoms. The fraction of sp³-hybridized carbons (Fsp3) is 0.0833. The van der Waals surface area contributed by atoms with Crippen molar-refractivity contribution in [2.75, 3.05) is 0 Å². The van der Waals surface area contributed by atoms with Crippen molar-refractivity contribution in [1.82, 2.24) is 4.98 Å². The molecule has 1 aliphatic heterocycles. The van der Waals surface area contributed by atoms with Crippen molar-refractivity contribution in [1.29, 1.82) is 0 Å². The molecule has 0 spiro atoms. The van der Waals surface area contributed by atoms with Gasteiger partial charge in [0.05, 0.1) is 0 Å². The molecule has 1 N–H and O–H groups in total. The number of aliphatic hydroxyl groups excluding tert-OH is 1. The van der Waals surface area contributed by atoms with E-state index in [0.29, 0.717) is 11.5 Å². The molecule has 0 fully saturated rings. The van der Waals surface area contributed by atoms with Gasteiger partial charge in [0.25, 0.3) is 0 Å². The lowest BCUT2D eigenvalue weighted by Gasteiger charge is -2.23. The summed E-state index contributed by atoms with van der Waals surface area (Å²) >= 11 is 0. The number of nitrogens with zero attached hydrogens (tertiary/aromatic N) is 1. The molecule has 0 amide bonds. The molecule has 1 unspecified atom stereocenters. The van der Waals surface area contributed by atoms with Crippen molar-refractivity contribution in [2.24, 2.45) is 0 Å². The third-order valence-corrected chi connectivity index (χ3v) is 2.54. The topological polar surface area (TPSA) is 42.4 Å². The number of ether oxygens (including phenoxy) is 1. The average Bonchev–Trinajstić information content (AvgIpc) is 2.30. The Morgan fingerprint density at radius 1 is 1.07 bits per heavy atom. The molecule has 74 valence electrons. The van der Waals surface area contributed by atoms with Gasteiger partial charge in [-0.2, -0.15) is 0 Å². The second-order valence-electron chi connectivity index (χ2n) is 3.46. The van der Waals surface area contributed by atoms with Gasteiger partial charge in [-0.1, -0.05) is 18.2 Å². The van der Waals surface area contributed by atoms with Crippen LogP contribution in [0.3, 0.4) is 0 Å². The molecule has 1 atom stereocenters. The highest BCUT2D eigenvalue weighted by molar-refractivity contribution is 5.50. The van der Waals surface area contributed by atoms with E-state index in [9.17, 15) is 5.11 Å². The molecule has 0 saturated heterocycles. The van der Waals surface area contributed by atoms with E-state index in [1.807, 2.05) is 24.3 Å². The molecule has 3 nitrogen and oxygen atoms in total. The quantitative estimate of drug-likeness (QED) is 0.707. The molecule has 2 heterocycles. The summed E-state index contributed by atoms with van der Waals surface area (Å²) in [6, 6.07) is 9.23. The van der Waals surface area contributed by atoms with Crippen LogP contribution < -0.4 is 4.74 Å². The Balaban J connectivity index is 2.20. The Kier molecular flexibility index (Phi) is 1.73. The predicted molar refractivity (Wildman–Crippen MR) is 54.8 cm³/mol. The van der Waals surface area contributed by atoms with Crippen LogP contribution in [0, 0.1) is 0 Å².